The van der Waals surface area contributed by atoms with Crippen LogP contribution in [-0.4, -0.2) is 33.1 Å². The van der Waals surface area contributed by atoms with E-state index in [1.54, 1.807) is 7.11 Å². The van der Waals surface area contributed by atoms with E-state index in [2.05, 4.69) is 27.5 Å². The van der Waals surface area contributed by atoms with Crippen molar-refractivity contribution >= 4 is 0 Å². The van der Waals surface area contributed by atoms with Gasteiger partial charge >= 0.3 is 0 Å². The van der Waals surface area contributed by atoms with Crippen LogP contribution in [0.2, 0.25) is 0 Å². The number of aromatic nitrogens is 4. The van der Waals surface area contributed by atoms with Crippen molar-refractivity contribution in [1.29, 1.82) is 0 Å². The smallest absolute Gasteiger partial charge is 0.240 e. The van der Waals surface area contributed by atoms with Crippen LogP contribution in [0.5, 0.6) is 5.75 Å². The minimum Gasteiger partial charge on any atom is -0.496 e. The molecule has 24 heavy (non-hydrogen) atoms. The number of hydrogen-bond acceptors (Lipinski definition) is 6. The highest BCUT2D eigenvalue weighted by molar-refractivity contribution is 5.63. The molecule has 0 fully saturated rings. The Labute approximate surface area is 140 Å². The molecule has 0 aliphatic heterocycles. The van der Waals surface area contributed by atoms with E-state index in [0.717, 1.165) is 23.4 Å². The van der Waals surface area contributed by atoms with Gasteiger partial charge in [0, 0.05) is 12.2 Å². The van der Waals surface area contributed by atoms with Crippen molar-refractivity contribution in [3.8, 4) is 17.1 Å². The highest BCUT2D eigenvalue weighted by Crippen LogP contribution is 2.26. The van der Waals surface area contributed by atoms with Crippen LogP contribution >= 0.6 is 0 Å². The predicted molar refractivity (Wildman–Crippen MR) is 89.6 cm³/mol. The summed E-state index contributed by atoms with van der Waals surface area (Å²) in [6, 6.07) is 7.83. The SMILES string of the molecule is COc1ccccc1-c1noc(CN[C@H](C)Cn2cc(C)cn2)n1. The van der Waals surface area contributed by atoms with Crippen LogP contribution in [0.15, 0.2) is 41.2 Å². The van der Waals surface area contributed by atoms with Gasteiger partial charge < -0.3 is 14.6 Å². The Morgan fingerprint density at radius 1 is 1.33 bits per heavy atom. The average molecular weight is 327 g/mol. The monoisotopic (exact) mass is 327 g/mol. The van der Waals surface area contributed by atoms with Gasteiger partial charge in [-0.1, -0.05) is 17.3 Å². The van der Waals surface area contributed by atoms with Gasteiger partial charge in [0.1, 0.15) is 5.75 Å². The second-order valence-electron chi connectivity index (χ2n) is 5.73. The Hall–Kier alpha value is -2.67. The third-order valence-electron chi connectivity index (χ3n) is 3.64. The fraction of sp³-hybridized carbons (Fsp3) is 0.353. The van der Waals surface area contributed by atoms with Crippen LogP contribution in [-0.2, 0) is 13.1 Å². The number of nitrogens with one attached hydrogen (secondary N) is 1. The molecule has 0 aliphatic rings. The van der Waals surface area contributed by atoms with E-state index in [0.29, 0.717) is 18.3 Å². The van der Waals surface area contributed by atoms with Crippen molar-refractivity contribution in [3.63, 3.8) is 0 Å². The molecule has 1 aromatic carbocycles. The molecule has 3 rings (SSSR count). The molecule has 0 saturated heterocycles. The van der Waals surface area contributed by atoms with Gasteiger partial charge in [0.25, 0.3) is 0 Å². The molecule has 0 bridgehead atoms. The summed E-state index contributed by atoms with van der Waals surface area (Å²) in [6.45, 7) is 5.40. The van der Waals surface area contributed by atoms with Gasteiger partial charge in [-0.2, -0.15) is 10.1 Å². The van der Waals surface area contributed by atoms with Crippen LogP contribution in [0.25, 0.3) is 11.4 Å². The standard InChI is InChI=1S/C17H21N5O2/c1-12-8-19-22(10-12)11-13(2)18-9-16-20-17(21-24-16)14-6-4-5-7-15(14)23-3/h4-8,10,13,18H,9,11H2,1-3H3/t13-/m1/s1. The Balaban J connectivity index is 1.60. The highest BCUT2D eigenvalue weighted by atomic mass is 16.5. The number of hydrogen-bond donors (Lipinski definition) is 1. The molecule has 0 radical (unpaired) electrons. The quantitative estimate of drug-likeness (QED) is 0.718. The van der Waals surface area contributed by atoms with Crippen molar-refractivity contribution in [3.05, 3.63) is 48.1 Å². The van der Waals surface area contributed by atoms with Gasteiger partial charge in [0.15, 0.2) is 0 Å². The summed E-state index contributed by atoms with van der Waals surface area (Å²) in [5.74, 6) is 1.79. The lowest BCUT2D eigenvalue weighted by atomic mass is 10.2. The number of aryl methyl sites for hydroxylation is 1. The average Bonchev–Trinajstić information content (AvgIpc) is 3.22. The predicted octanol–water partition coefficient (Wildman–Crippen LogP) is 2.43. The molecule has 7 nitrogen and oxygen atoms in total. The lowest BCUT2D eigenvalue weighted by Crippen LogP contribution is -2.30. The first-order valence-electron chi connectivity index (χ1n) is 7.84. The highest BCUT2D eigenvalue weighted by Gasteiger charge is 2.13. The molecule has 2 heterocycles. The van der Waals surface area contributed by atoms with Crippen LogP contribution in [0.3, 0.4) is 0 Å². The Kier molecular flexibility index (Phi) is 4.90. The first kappa shape index (κ1) is 16.2. The largest absolute Gasteiger partial charge is 0.496 e. The van der Waals surface area contributed by atoms with E-state index in [1.807, 2.05) is 48.3 Å². The fourth-order valence-electron chi connectivity index (χ4n) is 2.44. The summed E-state index contributed by atoms with van der Waals surface area (Å²) in [4.78, 5) is 4.43. The van der Waals surface area contributed by atoms with Crippen molar-refractivity contribution in [2.24, 2.45) is 0 Å². The van der Waals surface area contributed by atoms with Crippen molar-refractivity contribution in [1.82, 2.24) is 25.2 Å². The summed E-state index contributed by atoms with van der Waals surface area (Å²) >= 11 is 0. The molecule has 0 aliphatic carbocycles. The van der Waals surface area contributed by atoms with E-state index < -0.39 is 0 Å². The summed E-state index contributed by atoms with van der Waals surface area (Å²) in [7, 11) is 1.63. The summed E-state index contributed by atoms with van der Waals surface area (Å²) < 4.78 is 12.6. The summed E-state index contributed by atoms with van der Waals surface area (Å²) in [5.41, 5.74) is 1.97. The van der Waals surface area contributed by atoms with E-state index in [4.69, 9.17) is 9.26 Å². The normalized spacial score (nSPS) is 12.3. The van der Waals surface area contributed by atoms with E-state index >= 15 is 0 Å². The first-order valence-corrected chi connectivity index (χ1v) is 7.84. The minimum absolute atomic E-state index is 0.228. The number of para-hydroxylation sites is 1. The minimum atomic E-state index is 0.228. The van der Waals surface area contributed by atoms with Gasteiger partial charge in [-0.15, -0.1) is 0 Å². The fourth-order valence-corrected chi connectivity index (χ4v) is 2.44. The van der Waals surface area contributed by atoms with Gasteiger partial charge in [-0.3, -0.25) is 4.68 Å². The zero-order chi connectivity index (χ0) is 16.9. The summed E-state index contributed by atoms with van der Waals surface area (Å²) in [6.07, 6.45) is 3.87. The molecular formula is C17H21N5O2. The maximum Gasteiger partial charge on any atom is 0.240 e. The van der Waals surface area contributed by atoms with Crippen molar-refractivity contribution in [2.75, 3.05) is 7.11 Å². The molecule has 2 aromatic heterocycles. The Morgan fingerprint density at radius 2 is 2.17 bits per heavy atom. The maximum atomic E-state index is 5.33. The second-order valence-corrected chi connectivity index (χ2v) is 5.73. The topological polar surface area (TPSA) is 78.0 Å². The van der Waals surface area contributed by atoms with Crippen molar-refractivity contribution < 1.29 is 9.26 Å². The second kappa shape index (κ2) is 7.27. The maximum absolute atomic E-state index is 5.33. The zero-order valence-electron chi connectivity index (χ0n) is 14.1. The number of rotatable bonds is 7. The van der Waals surface area contributed by atoms with Crippen LogP contribution in [0.1, 0.15) is 18.4 Å². The molecule has 0 saturated carbocycles. The lowest BCUT2D eigenvalue weighted by Gasteiger charge is -2.11. The van der Waals surface area contributed by atoms with Gasteiger partial charge in [0.05, 0.1) is 32.0 Å². The van der Waals surface area contributed by atoms with Gasteiger partial charge in [0.2, 0.25) is 11.7 Å². The first-order chi connectivity index (χ1) is 11.7. The number of benzene rings is 1. The van der Waals surface area contributed by atoms with Gasteiger partial charge in [-0.25, -0.2) is 0 Å². The Morgan fingerprint density at radius 3 is 2.92 bits per heavy atom. The third-order valence-corrected chi connectivity index (χ3v) is 3.64. The molecule has 1 atom stereocenters. The number of methoxy groups -OCH3 is 1. The lowest BCUT2D eigenvalue weighted by molar-refractivity contribution is 0.350. The molecule has 126 valence electrons. The molecule has 3 aromatic rings. The molecule has 7 heteroatoms. The van der Waals surface area contributed by atoms with E-state index in [-0.39, 0.29) is 6.04 Å². The van der Waals surface area contributed by atoms with Gasteiger partial charge in [-0.05, 0) is 31.5 Å². The van der Waals surface area contributed by atoms with Crippen LogP contribution in [0, 0.1) is 6.92 Å². The Bertz CT molecular complexity index is 796. The third kappa shape index (κ3) is 3.80. The molecule has 0 amide bonds. The van der Waals surface area contributed by atoms with Crippen molar-refractivity contribution in [2.45, 2.75) is 33.0 Å². The number of nitrogens with zero attached hydrogens (tertiary/aromatic N) is 4. The molecular weight excluding hydrogens is 306 g/mol. The van der Waals surface area contributed by atoms with E-state index in [9.17, 15) is 0 Å². The summed E-state index contributed by atoms with van der Waals surface area (Å²) in [5, 5.41) is 11.7. The molecule has 1 N–H and O–H groups in total. The van der Waals surface area contributed by atoms with E-state index in [1.165, 1.54) is 0 Å². The van der Waals surface area contributed by atoms with Crippen LogP contribution < -0.4 is 10.1 Å². The molecule has 0 spiro atoms. The number of ether oxygens (including phenoxy) is 1. The zero-order valence-corrected chi connectivity index (χ0v) is 14.1. The van der Waals surface area contributed by atoms with Crippen LogP contribution in [0.4, 0.5) is 0 Å². The molecule has 0 unspecified atom stereocenters.